The fourth-order valence-corrected chi connectivity index (χ4v) is 2.53. The Labute approximate surface area is 145 Å². The normalized spacial score (nSPS) is 13.0. The molecule has 25 heavy (non-hydrogen) atoms. The van der Waals surface area contributed by atoms with E-state index in [0.717, 1.165) is 11.1 Å². The number of rotatable bonds is 7. The van der Waals surface area contributed by atoms with E-state index in [1.165, 1.54) is 0 Å². The Hall–Kier alpha value is -3.05. The number of aryl methyl sites for hydroxylation is 1. The van der Waals surface area contributed by atoms with Crippen molar-refractivity contribution in [3.63, 3.8) is 0 Å². The van der Waals surface area contributed by atoms with Gasteiger partial charge in [-0.25, -0.2) is 4.98 Å². The largest absolute Gasteiger partial charge is 0.481 e. The Morgan fingerprint density at radius 2 is 1.84 bits per heavy atom. The third-order valence-electron chi connectivity index (χ3n) is 3.66. The number of pyridine rings is 1. The molecule has 130 valence electrons. The van der Waals surface area contributed by atoms with Gasteiger partial charge in [-0.2, -0.15) is 0 Å². The smallest absolute Gasteiger partial charge is 0.313 e. The molecule has 0 bridgehead atoms. The van der Waals surface area contributed by atoms with Gasteiger partial charge in [0.15, 0.2) is 0 Å². The first-order valence-corrected chi connectivity index (χ1v) is 7.88. The number of aliphatic carboxylic acids is 1. The molecule has 0 fully saturated rings. The highest BCUT2D eigenvalue weighted by Gasteiger charge is 2.30. The van der Waals surface area contributed by atoms with Crippen LogP contribution in [0.2, 0.25) is 0 Å². The quantitative estimate of drug-likeness (QED) is 0.465. The lowest BCUT2D eigenvalue weighted by Gasteiger charge is -2.22. The zero-order chi connectivity index (χ0) is 18.4. The van der Waals surface area contributed by atoms with Crippen molar-refractivity contribution < 1.29 is 14.6 Å². The summed E-state index contributed by atoms with van der Waals surface area (Å²) < 4.78 is 5.52. The van der Waals surface area contributed by atoms with Crippen LogP contribution in [0.4, 0.5) is 0 Å². The van der Waals surface area contributed by atoms with Gasteiger partial charge in [-0.1, -0.05) is 41.0 Å². The lowest BCUT2D eigenvalue weighted by Crippen LogP contribution is -2.26. The minimum atomic E-state index is -1.27. The molecule has 2 rings (SSSR count). The van der Waals surface area contributed by atoms with Crippen molar-refractivity contribution in [1.82, 2.24) is 4.98 Å². The van der Waals surface area contributed by atoms with Crippen molar-refractivity contribution in [2.75, 3.05) is 0 Å². The maximum absolute atomic E-state index is 11.6. The Morgan fingerprint density at radius 3 is 2.32 bits per heavy atom. The summed E-state index contributed by atoms with van der Waals surface area (Å²) >= 11 is 0. The van der Waals surface area contributed by atoms with Crippen molar-refractivity contribution >= 4 is 5.97 Å². The summed E-state index contributed by atoms with van der Waals surface area (Å²) in [5.41, 5.74) is 11.2. The summed E-state index contributed by atoms with van der Waals surface area (Å²) in [6, 6.07) is 9.61. The highest BCUT2D eigenvalue weighted by molar-refractivity contribution is 5.76. The van der Waals surface area contributed by atoms with Gasteiger partial charge in [0.25, 0.3) is 0 Å². The summed E-state index contributed by atoms with van der Waals surface area (Å²) in [4.78, 5) is 18.6. The number of ether oxygens (including phenoxy) is 1. The summed E-state index contributed by atoms with van der Waals surface area (Å²) in [5.74, 6) is -1.38. The molecule has 7 heteroatoms. The molecule has 2 atom stereocenters. The summed E-state index contributed by atoms with van der Waals surface area (Å²) in [6.07, 6.45) is 1.55. The van der Waals surface area contributed by atoms with Crippen molar-refractivity contribution in [3.05, 3.63) is 69.7 Å². The van der Waals surface area contributed by atoms with Crippen molar-refractivity contribution in [2.24, 2.45) is 5.11 Å². The van der Waals surface area contributed by atoms with Gasteiger partial charge in [-0.3, -0.25) is 4.79 Å². The van der Waals surface area contributed by atoms with Crippen molar-refractivity contribution in [1.29, 1.82) is 0 Å². The summed E-state index contributed by atoms with van der Waals surface area (Å²) in [7, 11) is 0. The second-order valence-corrected chi connectivity index (χ2v) is 5.97. The lowest BCUT2D eigenvalue weighted by molar-refractivity contribution is -0.138. The number of hydrogen-bond acceptors (Lipinski definition) is 4. The van der Waals surface area contributed by atoms with Gasteiger partial charge in [0.05, 0.1) is 6.10 Å². The minimum absolute atomic E-state index is 0.0128. The molecule has 0 radical (unpaired) electrons. The topological polar surface area (TPSA) is 108 Å². The van der Waals surface area contributed by atoms with E-state index in [9.17, 15) is 9.90 Å². The first-order chi connectivity index (χ1) is 11.9. The van der Waals surface area contributed by atoms with Crippen molar-refractivity contribution in [2.45, 2.75) is 38.8 Å². The Kier molecular flexibility index (Phi) is 5.98. The maximum Gasteiger partial charge on any atom is 0.313 e. The molecule has 0 amide bonds. The van der Waals surface area contributed by atoms with E-state index in [4.69, 9.17) is 10.3 Å². The van der Waals surface area contributed by atoms with Crippen LogP contribution in [-0.4, -0.2) is 28.2 Å². The molecule has 0 aliphatic carbocycles. The Bertz CT molecular complexity index is 764. The van der Waals surface area contributed by atoms with Gasteiger partial charge < -0.3 is 9.84 Å². The first-order valence-electron chi connectivity index (χ1n) is 7.88. The van der Waals surface area contributed by atoms with Crippen molar-refractivity contribution in [3.8, 4) is 5.88 Å². The highest BCUT2D eigenvalue weighted by Crippen LogP contribution is 2.31. The second kappa shape index (κ2) is 8.17. The molecule has 0 saturated carbocycles. The SMILES string of the molecule is Cc1ccc([C@@H](c2ccc(OC(C)C)nc2)[C@H](N=[N+]=[N-])C(=O)O)cc1. The third-order valence-corrected chi connectivity index (χ3v) is 3.66. The maximum atomic E-state index is 11.6. The van der Waals surface area contributed by atoms with Crippen LogP contribution >= 0.6 is 0 Å². The van der Waals surface area contributed by atoms with Crippen LogP contribution < -0.4 is 4.74 Å². The number of carboxylic acid groups (broad SMARTS) is 1. The minimum Gasteiger partial charge on any atom is -0.481 e. The fraction of sp³-hybridized carbons (Fsp3) is 0.333. The number of carboxylic acids is 1. The number of azide groups is 1. The van der Waals surface area contributed by atoms with Gasteiger partial charge >= 0.3 is 5.97 Å². The van der Waals surface area contributed by atoms with Gasteiger partial charge in [0, 0.05) is 23.1 Å². The molecule has 0 saturated heterocycles. The second-order valence-electron chi connectivity index (χ2n) is 5.97. The zero-order valence-electron chi connectivity index (χ0n) is 14.3. The van der Waals surface area contributed by atoms with Gasteiger partial charge in [-0.05, 0) is 37.4 Å². The fourth-order valence-electron chi connectivity index (χ4n) is 2.53. The molecule has 0 aliphatic heterocycles. The molecule has 2 aromatic rings. The molecule has 1 aromatic carbocycles. The average Bonchev–Trinajstić information content (AvgIpc) is 2.56. The van der Waals surface area contributed by atoms with E-state index in [1.807, 2.05) is 45.0 Å². The summed E-state index contributed by atoms with van der Waals surface area (Å²) in [5, 5.41) is 13.0. The molecular weight excluding hydrogens is 320 g/mol. The molecule has 1 heterocycles. The molecule has 0 unspecified atom stereocenters. The van der Waals surface area contributed by atoms with E-state index in [1.54, 1.807) is 18.3 Å². The highest BCUT2D eigenvalue weighted by atomic mass is 16.5. The standard InChI is InChI=1S/C18H20N4O3/c1-11(2)25-15-9-8-14(10-20-15)16(17(18(23)24)21-22-19)13-6-4-12(3)5-7-13/h4-11,16-17H,1-3H3,(H,23,24)/t16-,17-/m0/s1. The molecule has 0 spiro atoms. The van der Waals surface area contributed by atoms with Crippen LogP contribution in [0.25, 0.3) is 10.4 Å². The molecule has 7 nitrogen and oxygen atoms in total. The van der Waals surface area contributed by atoms with E-state index in [0.29, 0.717) is 11.4 Å². The Morgan fingerprint density at radius 1 is 1.20 bits per heavy atom. The number of carbonyl (C=O) groups is 1. The predicted octanol–water partition coefficient (Wildman–Crippen LogP) is 4.07. The lowest BCUT2D eigenvalue weighted by atomic mass is 9.86. The summed E-state index contributed by atoms with van der Waals surface area (Å²) in [6.45, 7) is 5.74. The van der Waals surface area contributed by atoms with E-state index < -0.39 is 17.9 Å². The van der Waals surface area contributed by atoms with Crippen LogP contribution in [0.1, 0.15) is 36.5 Å². The molecule has 1 N–H and O–H groups in total. The molecule has 0 aliphatic rings. The van der Waals surface area contributed by atoms with Gasteiger partial charge in [0.2, 0.25) is 5.88 Å². The zero-order valence-corrected chi connectivity index (χ0v) is 14.3. The van der Waals surface area contributed by atoms with Gasteiger partial charge in [-0.15, -0.1) is 0 Å². The van der Waals surface area contributed by atoms with E-state index in [2.05, 4.69) is 15.0 Å². The predicted molar refractivity (Wildman–Crippen MR) is 93.6 cm³/mol. The van der Waals surface area contributed by atoms with Crippen LogP contribution in [0.15, 0.2) is 47.7 Å². The van der Waals surface area contributed by atoms with Crippen LogP contribution in [-0.2, 0) is 4.79 Å². The van der Waals surface area contributed by atoms with E-state index in [-0.39, 0.29) is 6.10 Å². The average molecular weight is 340 g/mol. The number of benzene rings is 1. The molecule has 1 aromatic heterocycles. The number of hydrogen-bond donors (Lipinski definition) is 1. The first kappa shape index (κ1) is 18.3. The van der Waals surface area contributed by atoms with E-state index >= 15 is 0 Å². The Balaban J connectivity index is 2.48. The van der Waals surface area contributed by atoms with Crippen LogP contribution in [0.3, 0.4) is 0 Å². The van der Waals surface area contributed by atoms with Gasteiger partial charge in [0.1, 0.15) is 6.04 Å². The van der Waals surface area contributed by atoms with Crippen LogP contribution in [0, 0.1) is 6.92 Å². The number of nitrogens with zero attached hydrogens (tertiary/aromatic N) is 4. The molecular formula is C18H20N4O3. The number of aromatic nitrogens is 1. The van der Waals surface area contributed by atoms with Crippen LogP contribution in [0.5, 0.6) is 5.88 Å². The monoisotopic (exact) mass is 340 g/mol. The third kappa shape index (κ3) is 4.71.